The Morgan fingerprint density at radius 3 is 3.00 bits per heavy atom. The number of rotatable bonds is 3. The fourth-order valence-corrected chi connectivity index (χ4v) is 0.570. The molecule has 2 heteroatoms. The smallest absolute Gasteiger partial charge is 0.0837 e. The number of aliphatic hydroxyl groups is 1. The Labute approximate surface area is 48.8 Å². The lowest BCUT2D eigenvalue weighted by atomic mass is 10.2. The number of aliphatic hydroxyl groups excluding tert-OH is 1. The molecule has 46 valence electrons. The summed E-state index contributed by atoms with van der Waals surface area (Å²) < 4.78 is 4.87. The van der Waals surface area contributed by atoms with E-state index in [0.717, 1.165) is 6.61 Å². The average Bonchev–Trinajstić information content (AvgIpc) is 2.50. The predicted octanol–water partition coefficient (Wildman–Crippen LogP) is 0.322. The highest BCUT2D eigenvalue weighted by Crippen LogP contribution is 2.15. The molecule has 2 atom stereocenters. The highest BCUT2D eigenvalue weighted by Gasteiger charge is 2.24. The number of hydrogen-bond acceptors (Lipinski definition) is 2. The van der Waals surface area contributed by atoms with E-state index >= 15 is 0 Å². The first-order valence-electron chi connectivity index (χ1n) is 2.75. The van der Waals surface area contributed by atoms with Gasteiger partial charge in [0.1, 0.15) is 0 Å². The molecule has 0 aliphatic carbocycles. The minimum atomic E-state index is -0.373. The SMILES string of the molecule is C=C[C@@H](O)C[C@H]1CO1. The first-order chi connectivity index (χ1) is 3.83. The second kappa shape index (κ2) is 2.29. The molecule has 0 unspecified atom stereocenters. The Hall–Kier alpha value is -0.340. The van der Waals surface area contributed by atoms with E-state index in [-0.39, 0.29) is 6.10 Å². The van der Waals surface area contributed by atoms with Crippen molar-refractivity contribution < 1.29 is 9.84 Å². The maximum Gasteiger partial charge on any atom is 0.0837 e. The van der Waals surface area contributed by atoms with Gasteiger partial charge in [0, 0.05) is 6.42 Å². The van der Waals surface area contributed by atoms with Crippen molar-refractivity contribution in [2.75, 3.05) is 6.61 Å². The number of ether oxygens (including phenoxy) is 1. The molecule has 1 saturated heterocycles. The van der Waals surface area contributed by atoms with Crippen molar-refractivity contribution in [2.45, 2.75) is 18.6 Å². The van der Waals surface area contributed by atoms with Crippen molar-refractivity contribution in [2.24, 2.45) is 0 Å². The molecule has 0 amide bonds. The van der Waals surface area contributed by atoms with Crippen molar-refractivity contribution in [1.82, 2.24) is 0 Å². The standard InChI is InChI=1S/C6H10O2/c1-2-5(7)3-6-4-8-6/h2,5-7H,1,3-4H2/t5-,6+/m1/s1. The van der Waals surface area contributed by atoms with Gasteiger partial charge in [0.15, 0.2) is 0 Å². The van der Waals surface area contributed by atoms with Crippen LogP contribution in [0.3, 0.4) is 0 Å². The fraction of sp³-hybridized carbons (Fsp3) is 0.667. The molecule has 0 aromatic carbocycles. The average molecular weight is 114 g/mol. The van der Waals surface area contributed by atoms with Gasteiger partial charge >= 0.3 is 0 Å². The largest absolute Gasteiger partial charge is 0.389 e. The second-order valence-electron chi connectivity index (χ2n) is 1.99. The second-order valence-corrected chi connectivity index (χ2v) is 1.99. The normalized spacial score (nSPS) is 29.4. The molecule has 1 rings (SSSR count). The summed E-state index contributed by atoms with van der Waals surface area (Å²) in [6.45, 7) is 4.25. The van der Waals surface area contributed by atoms with Crippen LogP contribution in [-0.4, -0.2) is 23.9 Å². The summed E-state index contributed by atoms with van der Waals surface area (Å²) >= 11 is 0. The topological polar surface area (TPSA) is 32.8 Å². The summed E-state index contributed by atoms with van der Waals surface area (Å²) in [4.78, 5) is 0. The number of hydrogen-bond donors (Lipinski definition) is 1. The Balaban J connectivity index is 2.06. The van der Waals surface area contributed by atoms with E-state index < -0.39 is 0 Å². The van der Waals surface area contributed by atoms with Gasteiger partial charge in [-0.3, -0.25) is 0 Å². The van der Waals surface area contributed by atoms with Crippen LogP contribution in [0.4, 0.5) is 0 Å². The molecule has 1 heterocycles. The third-order valence-electron chi connectivity index (χ3n) is 1.18. The van der Waals surface area contributed by atoms with Gasteiger partial charge in [0.05, 0.1) is 18.8 Å². The van der Waals surface area contributed by atoms with Crippen LogP contribution in [0, 0.1) is 0 Å². The molecule has 2 nitrogen and oxygen atoms in total. The Morgan fingerprint density at radius 2 is 2.62 bits per heavy atom. The van der Waals surface area contributed by atoms with Crippen molar-refractivity contribution in [3.05, 3.63) is 12.7 Å². The van der Waals surface area contributed by atoms with Gasteiger partial charge in [-0.25, -0.2) is 0 Å². The van der Waals surface area contributed by atoms with Crippen LogP contribution in [0.2, 0.25) is 0 Å². The molecule has 0 radical (unpaired) electrons. The summed E-state index contributed by atoms with van der Waals surface area (Å²) in [5.41, 5.74) is 0. The Kier molecular flexibility index (Phi) is 1.65. The van der Waals surface area contributed by atoms with E-state index in [1.807, 2.05) is 0 Å². The minimum absolute atomic E-state index is 0.308. The molecule has 1 aliphatic rings. The van der Waals surface area contributed by atoms with Gasteiger partial charge in [-0.05, 0) is 0 Å². The molecule has 1 N–H and O–H groups in total. The molecule has 0 bridgehead atoms. The van der Waals surface area contributed by atoms with E-state index in [1.54, 1.807) is 0 Å². The van der Waals surface area contributed by atoms with Crippen molar-refractivity contribution in [3.8, 4) is 0 Å². The van der Waals surface area contributed by atoms with E-state index in [9.17, 15) is 0 Å². The van der Waals surface area contributed by atoms with Gasteiger partial charge in [-0.15, -0.1) is 6.58 Å². The van der Waals surface area contributed by atoms with E-state index in [0.29, 0.717) is 12.5 Å². The maximum atomic E-state index is 8.87. The molecule has 1 aliphatic heterocycles. The van der Waals surface area contributed by atoms with Gasteiger partial charge in [-0.2, -0.15) is 0 Å². The van der Waals surface area contributed by atoms with Crippen LogP contribution < -0.4 is 0 Å². The molecule has 0 saturated carbocycles. The molecule has 0 aromatic heterocycles. The maximum absolute atomic E-state index is 8.87. The lowest BCUT2D eigenvalue weighted by Gasteiger charge is -1.97. The quantitative estimate of drug-likeness (QED) is 0.423. The molecule has 1 fully saturated rings. The highest BCUT2D eigenvalue weighted by molar-refractivity contribution is 4.84. The van der Waals surface area contributed by atoms with Crippen molar-refractivity contribution in [1.29, 1.82) is 0 Å². The van der Waals surface area contributed by atoms with Gasteiger partial charge in [0.25, 0.3) is 0 Å². The first-order valence-corrected chi connectivity index (χ1v) is 2.75. The molecule has 0 spiro atoms. The zero-order chi connectivity index (χ0) is 5.98. The molecule has 8 heavy (non-hydrogen) atoms. The third kappa shape index (κ3) is 1.64. The first kappa shape index (κ1) is 5.79. The fourth-order valence-electron chi connectivity index (χ4n) is 0.570. The third-order valence-corrected chi connectivity index (χ3v) is 1.18. The number of epoxide rings is 1. The lowest BCUT2D eigenvalue weighted by molar-refractivity contribution is 0.197. The minimum Gasteiger partial charge on any atom is -0.389 e. The van der Waals surface area contributed by atoms with Gasteiger partial charge < -0.3 is 9.84 Å². The summed E-state index contributed by atoms with van der Waals surface area (Å²) in [5, 5.41) is 8.87. The van der Waals surface area contributed by atoms with Crippen LogP contribution >= 0.6 is 0 Å². The van der Waals surface area contributed by atoms with E-state index in [1.165, 1.54) is 6.08 Å². The van der Waals surface area contributed by atoms with E-state index in [2.05, 4.69) is 6.58 Å². The predicted molar refractivity (Wildman–Crippen MR) is 30.6 cm³/mol. The molecular weight excluding hydrogens is 104 g/mol. The summed E-state index contributed by atoms with van der Waals surface area (Å²) in [7, 11) is 0. The monoisotopic (exact) mass is 114 g/mol. The van der Waals surface area contributed by atoms with Crippen LogP contribution in [-0.2, 0) is 4.74 Å². The van der Waals surface area contributed by atoms with Gasteiger partial charge in [0.2, 0.25) is 0 Å². The zero-order valence-corrected chi connectivity index (χ0v) is 4.71. The Bertz CT molecular complexity index is 86.5. The van der Waals surface area contributed by atoms with E-state index in [4.69, 9.17) is 9.84 Å². The van der Waals surface area contributed by atoms with Crippen LogP contribution in [0.5, 0.6) is 0 Å². The Morgan fingerprint density at radius 1 is 2.00 bits per heavy atom. The van der Waals surface area contributed by atoms with Crippen LogP contribution in [0.15, 0.2) is 12.7 Å². The summed E-state index contributed by atoms with van der Waals surface area (Å²) in [5.74, 6) is 0. The van der Waals surface area contributed by atoms with Crippen LogP contribution in [0.25, 0.3) is 0 Å². The zero-order valence-electron chi connectivity index (χ0n) is 4.71. The van der Waals surface area contributed by atoms with Gasteiger partial charge in [-0.1, -0.05) is 6.08 Å². The lowest BCUT2D eigenvalue weighted by Crippen LogP contribution is -2.04. The van der Waals surface area contributed by atoms with Crippen molar-refractivity contribution >= 4 is 0 Å². The molecule has 0 aromatic rings. The summed E-state index contributed by atoms with van der Waals surface area (Å²) in [6.07, 6.45) is 2.18. The van der Waals surface area contributed by atoms with Crippen LogP contribution in [0.1, 0.15) is 6.42 Å². The molecular formula is C6H10O2. The van der Waals surface area contributed by atoms with Crippen molar-refractivity contribution in [3.63, 3.8) is 0 Å². The summed E-state index contributed by atoms with van der Waals surface area (Å²) in [6, 6.07) is 0. The highest BCUT2D eigenvalue weighted by atomic mass is 16.6.